The minimum atomic E-state index is 0. The van der Waals surface area contributed by atoms with Crippen LogP contribution in [0.3, 0.4) is 0 Å². The number of likely N-dealkylation sites (tertiary alicyclic amines) is 1. The van der Waals surface area contributed by atoms with Crippen molar-refractivity contribution < 1.29 is 14.3 Å². The molecule has 0 aliphatic carbocycles. The van der Waals surface area contributed by atoms with Crippen molar-refractivity contribution in [2.45, 2.75) is 65.3 Å². The Morgan fingerprint density at radius 2 is 2.03 bits per heavy atom. The number of benzene rings is 1. The molecular weight excluding hydrogens is 519 g/mol. The molecule has 2 rings (SSSR count). The molecule has 182 valence electrons. The number of hydrogen-bond donors (Lipinski definition) is 2. The first-order chi connectivity index (χ1) is 15.1. The first-order valence-electron chi connectivity index (χ1n) is 11.7. The number of carbonyl (C=O) groups excluding carboxylic acids is 1. The fourth-order valence-electron chi connectivity index (χ4n) is 3.86. The highest BCUT2D eigenvalue weighted by molar-refractivity contribution is 14.0. The lowest BCUT2D eigenvalue weighted by molar-refractivity contribution is -0.134. The third-order valence-corrected chi connectivity index (χ3v) is 5.52. The van der Waals surface area contributed by atoms with Gasteiger partial charge in [-0.3, -0.25) is 9.79 Å². The summed E-state index contributed by atoms with van der Waals surface area (Å²) in [6.45, 7) is 9.77. The first-order valence-corrected chi connectivity index (χ1v) is 11.7. The van der Waals surface area contributed by atoms with E-state index in [-0.39, 0.29) is 29.9 Å². The number of guanidine groups is 1. The highest BCUT2D eigenvalue weighted by Gasteiger charge is 2.22. The van der Waals surface area contributed by atoms with Crippen LogP contribution in [-0.2, 0) is 11.2 Å². The molecule has 7 nitrogen and oxygen atoms in total. The molecule has 0 radical (unpaired) electrons. The lowest BCUT2D eigenvalue weighted by Crippen LogP contribution is -2.44. The van der Waals surface area contributed by atoms with Gasteiger partial charge in [0.15, 0.2) is 17.5 Å². The number of nitrogens with one attached hydrogen (secondary N) is 2. The number of rotatable bonds is 11. The number of hydrogen-bond acceptors (Lipinski definition) is 4. The van der Waals surface area contributed by atoms with Crippen molar-refractivity contribution in [3.8, 4) is 11.5 Å². The second-order valence-corrected chi connectivity index (χ2v) is 7.89. The van der Waals surface area contributed by atoms with Crippen molar-refractivity contribution in [2.24, 2.45) is 4.99 Å². The summed E-state index contributed by atoms with van der Waals surface area (Å²) in [5, 5.41) is 6.56. The largest absolute Gasteiger partial charge is 0.493 e. The van der Waals surface area contributed by atoms with E-state index >= 15 is 0 Å². The molecule has 1 unspecified atom stereocenters. The van der Waals surface area contributed by atoms with E-state index in [9.17, 15) is 4.79 Å². The zero-order valence-electron chi connectivity index (χ0n) is 20.1. The van der Waals surface area contributed by atoms with E-state index in [1.165, 1.54) is 12.0 Å². The molecule has 1 aromatic carbocycles. The predicted molar refractivity (Wildman–Crippen MR) is 142 cm³/mol. The average Bonchev–Trinajstić information content (AvgIpc) is 2.77. The minimum absolute atomic E-state index is 0. The Labute approximate surface area is 210 Å². The van der Waals surface area contributed by atoms with Crippen molar-refractivity contribution >= 4 is 35.8 Å². The van der Waals surface area contributed by atoms with E-state index in [2.05, 4.69) is 28.6 Å². The molecule has 0 bridgehead atoms. The summed E-state index contributed by atoms with van der Waals surface area (Å²) in [6, 6.07) is 6.43. The van der Waals surface area contributed by atoms with Crippen molar-refractivity contribution in [3.05, 3.63) is 23.8 Å². The zero-order valence-corrected chi connectivity index (χ0v) is 22.4. The van der Waals surface area contributed by atoms with Crippen molar-refractivity contribution in [1.82, 2.24) is 15.5 Å². The molecule has 32 heavy (non-hydrogen) atoms. The standard InChI is InChI=1S/C24H40N4O3.HI/c1-5-25-24(27-16-14-23(29)28-17-8-7-10-19(28)3)26-15-9-11-20-12-13-21(30-4)22(18-20)31-6-2;/h12-13,18-19H,5-11,14-17H2,1-4H3,(H2,25,26,27);1H. The Morgan fingerprint density at radius 1 is 1.22 bits per heavy atom. The van der Waals surface area contributed by atoms with Gasteiger partial charge in [0.05, 0.1) is 13.7 Å². The summed E-state index contributed by atoms with van der Waals surface area (Å²) in [4.78, 5) is 19.2. The average molecular weight is 561 g/mol. The Kier molecular flexibility index (Phi) is 14.2. The van der Waals surface area contributed by atoms with E-state index < -0.39 is 0 Å². The van der Waals surface area contributed by atoms with Crippen LogP contribution in [0.15, 0.2) is 23.2 Å². The van der Waals surface area contributed by atoms with Gasteiger partial charge in [0.25, 0.3) is 0 Å². The molecule has 0 aromatic heterocycles. The quantitative estimate of drug-likeness (QED) is 0.185. The predicted octanol–water partition coefficient (Wildman–Crippen LogP) is 3.99. The van der Waals surface area contributed by atoms with Crippen LogP contribution in [0.5, 0.6) is 11.5 Å². The van der Waals surface area contributed by atoms with Crippen LogP contribution >= 0.6 is 24.0 Å². The number of ether oxygens (including phenoxy) is 2. The number of nitrogens with zero attached hydrogens (tertiary/aromatic N) is 2. The Bertz CT molecular complexity index is 714. The molecule has 1 aromatic rings. The summed E-state index contributed by atoms with van der Waals surface area (Å²) in [7, 11) is 1.65. The minimum Gasteiger partial charge on any atom is -0.493 e. The molecular formula is C24H41IN4O3. The molecule has 0 saturated carbocycles. The van der Waals surface area contributed by atoms with Gasteiger partial charge in [-0.15, -0.1) is 24.0 Å². The number of aryl methyl sites for hydroxylation is 1. The van der Waals surface area contributed by atoms with E-state index in [4.69, 9.17) is 9.47 Å². The van der Waals surface area contributed by atoms with Crippen LogP contribution in [0.2, 0.25) is 0 Å². The van der Waals surface area contributed by atoms with Crippen LogP contribution in [0.4, 0.5) is 0 Å². The van der Waals surface area contributed by atoms with Gasteiger partial charge in [-0.25, -0.2) is 0 Å². The van der Waals surface area contributed by atoms with E-state index in [0.717, 1.165) is 56.2 Å². The monoisotopic (exact) mass is 560 g/mol. The molecule has 1 aliphatic rings. The molecule has 8 heteroatoms. The van der Waals surface area contributed by atoms with Gasteiger partial charge in [0.1, 0.15) is 0 Å². The van der Waals surface area contributed by atoms with E-state index in [1.54, 1.807) is 7.11 Å². The van der Waals surface area contributed by atoms with Gasteiger partial charge in [-0.2, -0.15) is 0 Å². The Balaban J connectivity index is 0.00000512. The van der Waals surface area contributed by atoms with Gasteiger partial charge >= 0.3 is 0 Å². The summed E-state index contributed by atoms with van der Waals surface area (Å²) >= 11 is 0. The van der Waals surface area contributed by atoms with Crippen molar-refractivity contribution in [2.75, 3.05) is 39.9 Å². The van der Waals surface area contributed by atoms with Crippen LogP contribution in [0.1, 0.15) is 58.4 Å². The molecule has 2 N–H and O–H groups in total. The fourth-order valence-corrected chi connectivity index (χ4v) is 3.86. The maximum atomic E-state index is 12.5. The third kappa shape index (κ3) is 9.42. The normalized spacial score (nSPS) is 16.2. The fraction of sp³-hybridized carbons (Fsp3) is 0.667. The Hall–Kier alpha value is -1.71. The van der Waals surface area contributed by atoms with E-state index in [1.807, 2.05) is 30.9 Å². The molecule has 1 fully saturated rings. The Morgan fingerprint density at radius 3 is 2.72 bits per heavy atom. The van der Waals surface area contributed by atoms with E-state index in [0.29, 0.717) is 32.2 Å². The number of carbonyl (C=O) groups is 1. The summed E-state index contributed by atoms with van der Waals surface area (Å²) < 4.78 is 11.0. The number of amides is 1. The first kappa shape index (κ1) is 28.3. The topological polar surface area (TPSA) is 75.2 Å². The second kappa shape index (κ2) is 16.0. The van der Waals surface area contributed by atoms with Gasteiger partial charge in [-0.1, -0.05) is 6.07 Å². The lowest BCUT2D eigenvalue weighted by atomic mass is 10.0. The molecule has 1 aliphatic heterocycles. The summed E-state index contributed by atoms with van der Waals surface area (Å²) in [5.74, 6) is 2.55. The highest BCUT2D eigenvalue weighted by atomic mass is 127. The molecule has 0 spiro atoms. The lowest BCUT2D eigenvalue weighted by Gasteiger charge is -2.33. The second-order valence-electron chi connectivity index (χ2n) is 7.89. The smallest absolute Gasteiger partial charge is 0.224 e. The number of piperidine rings is 1. The van der Waals surface area contributed by atoms with Gasteiger partial charge < -0.3 is 25.0 Å². The van der Waals surface area contributed by atoms with Crippen LogP contribution in [0.25, 0.3) is 0 Å². The summed E-state index contributed by atoms with van der Waals surface area (Å²) in [5.41, 5.74) is 1.21. The van der Waals surface area contributed by atoms with Crippen molar-refractivity contribution in [3.63, 3.8) is 0 Å². The maximum absolute atomic E-state index is 12.5. The molecule has 1 heterocycles. The molecule has 1 amide bonds. The number of halogens is 1. The number of aliphatic imine (C=N–C) groups is 1. The number of methoxy groups -OCH3 is 1. The molecule has 1 saturated heterocycles. The van der Waals surface area contributed by atoms with Crippen LogP contribution < -0.4 is 20.1 Å². The summed E-state index contributed by atoms with van der Waals surface area (Å²) in [6.07, 6.45) is 5.80. The maximum Gasteiger partial charge on any atom is 0.224 e. The highest BCUT2D eigenvalue weighted by Crippen LogP contribution is 2.28. The third-order valence-electron chi connectivity index (χ3n) is 5.52. The zero-order chi connectivity index (χ0) is 22.5. The van der Waals surface area contributed by atoms with Crippen molar-refractivity contribution in [1.29, 1.82) is 0 Å². The van der Waals surface area contributed by atoms with Gasteiger partial charge in [0, 0.05) is 38.6 Å². The van der Waals surface area contributed by atoms with Gasteiger partial charge in [0.2, 0.25) is 5.91 Å². The van der Waals surface area contributed by atoms with Crippen LogP contribution in [0, 0.1) is 0 Å². The van der Waals surface area contributed by atoms with Gasteiger partial charge in [-0.05, 0) is 70.6 Å². The van der Waals surface area contributed by atoms with Crippen LogP contribution in [-0.4, -0.2) is 62.7 Å². The SMILES string of the molecule is CCNC(=NCCCc1ccc(OC)c(OCC)c1)NCCC(=O)N1CCCCC1C.I. The molecule has 1 atom stereocenters.